The zero-order chi connectivity index (χ0) is 13.7. The molecule has 100 valence electrons. The number of hydrogen-bond acceptors (Lipinski definition) is 3. The number of amides is 1. The Balaban J connectivity index is 2.77. The van der Waals surface area contributed by atoms with Crippen molar-refractivity contribution in [2.75, 3.05) is 19.0 Å². The van der Waals surface area contributed by atoms with Gasteiger partial charge < -0.3 is 14.8 Å². The summed E-state index contributed by atoms with van der Waals surface area (Å²) in [5.74, 6) is 0.312. The highest BCUT2D eigenvalue weighted by molar-refractivity contribution is 6.31. The fourth-order valence-electron chi connectivity index (χ4n) is 1.36. The molecule has 0 aromatic heterocycles. The minimum Gasteiger partial charge on any atom is -0.495 e. The summed E-state index contributed by atoms with van der Waals surface area (Å²) in [4.78, 5) is 11.7. The molecule has 1 rings (SSSR count). The molecule has 0 saturated heterocycles. The van der Waals surface area contributed by atoms with Crippen LogP contribution >= 0.6 is 11.6 Å². The van der Waals surface area contributed by atoms with E-state index in [1.54, 1.807) is 12.1 Å². The van der Waals surface area contributed by atoms with Crippen LogP contribution in [0.3, 0.4) is 0 Å². The predicted octanol–water partition coefficient (Wildman–Crippen LogP) is 3.02. The SMILES string of the molecule is COc1cc(Cl)c(C)cc1NC(=O)COC(C)C. The van der Waals surface area contributed by atoms with Crippen LogP contribution in [0.4, 0.5) is 5.69 Å². The van der Waals surface area contributed by atoms with Crippen molar-refractivity contribution in [1.82, 2.24) is 0 Å². The van der Waals surface area contributed by atoms with E-state index >= 15 is 0 Å². The zero-order valence-corrected chi connectivity index (χ0v) is 11.8. The smallest absolute Gasteiger partial charge is 0.250 e. The lowest BCUT2D eigenvalue weighted by Crippen LogP contribution is -2.21. The summed E-state index contributed by atoms with van der Waals surface area (Å²) in [6.45, 7) is 5.63. The van der Waals surface area contributed by atoms with Crippen molar-refractivity contribution in [2.45, 2.75) is 26.9 Å². The summed E-state index contributed by atoms with van der Waals surface area (Å²) in [6.07, 6.45) is 0.0181. The van der Waals surface area contributed by atoms with Crippen molar-refractivity contribution in [3.8, 4) is 5.75 Å². The van der Waals surface area contributed by atoms with E-state index in [-0.39, 0.29) is 18.6 Å². The maximum absolute atomic E-state index is 11.7. The van der Waals surface area contributed by atoms with Crippen LogP contribution in [0.5, 0.6) is 5.75 Å². The van der Waals surface area contributed by atoms with Gasteiger partial charge in [-0.15, -0.1) is 0 Å². The molecule has 0 atom stereocenters. The second-order valence-corrected chi connectivity index (χ2v) is 4.62. The van der Waals surface area contributed by atoms with Crippen LogP contribution in [0.15, 0.2) is 12.1 Å². The average Bonchev–Trinajstić information content (AvgIpc) is 2.31. The molecular formula is C13H18ClNO3. The Labute approximate surface area is 112 Å². The van der Waals surface area contributed by atoms with Gasteiger partial charge in [-0.3, -0.25) is 4.79 Å². The lowest BCUT2D eigenvalue weighted by Gasteiger charge is -2.13. The molecule has 4 nitrogen and oxygen atoms in total. The molecule has 0 aliphatic heterocycles. The van der Waals surface area contributed by atoms with Gasteiger partial charge in [-0.2, -0.15) is 0 Å². The summed E-state index contributed by atoms with van der Waals surface area (Å²) < 4.78 is 10.4. The monoisotopic (exact) mass is 271 g/mol. The van der Waals surface area contributed by atoms with Gasteiger partial charge in [-0.25, -0.2) is 0 Å². The lowest BCUT2D eigenvalue weighted by atomic mass is 10.2. The number of carbonyl (C=O) groups excluding carboxylic acids is 1. The molecule has 0 radical (unpaired) electrons. The van der Waals surface area contributed by atoms with Crippen LogP contribution in [-0.2, 0) is 9.53 Å². The number of ether oxygens (including phenoxy) is 2. The summed E-state index contributed by atoms with van der Waals surface area (Å²) >= 11 is 5.99. The van der Waals surface area contributed by atoms with Crippen molar-refractivity contribution in [3.63, 3.8) is 0 Å². The second kappa shape index (κ2) is 6.61. The van der Waals surface area contributed by atoms with Crippen molar-refractivity contribution < 1.29 is 14.3 Å². The van der Waals surface area contributed by atoms with Gasteiger partial charge in [0.15, 0.2) is 0 Å². The molecule has 1 N–H and O–H groups in total. The number of rotatable bonds is 5. The van der Waals surface area contributed by atoms with E-state index < -0.39 is 0 Å². The van der Waals surface area contributed by atoms with E-state index in [1.807, 2.05) is 20.8 Å². The standard InChI is InChI=1S/C13H18ClNO3/c1-8(2)18-7-13(16)15-11-5-9(3)10(14)6-12(11)17-4/h5-6,8H,7H2,1-4H3,(H,15,16). The molecule has 0 fully saturated rings. The second-order valence-electron chi connectivity index (χ2n) is 4.21. The summed E-state index contributed by atoms with van der Waals surface area (Å²) in [5.41, 5.74) is 1.47. The number of nitrogens with one attached hydrogen (secondary N) is 1. The number of benzene rings is 1. The Morgan fingerprint density at radius 3 is 2.67 bits per heavy atom. The molecule has 1 amide bonds. The Morgan fingerprint density at radius 2 is 2.11 bits per heavy atom. The van der Waals surface area contributed by atoms with Crippen LogP contribution in [0.1, 0.15) is 19.4 Å². The summed E-state index contributed by atoms with van der Waals surface area (Å²) in [7, 11) is 1.53. The van der Waals surface area contributed by atoms with Gasteiger partial charge >= 0.3 is 0 Å². The van der Waals surface area contributed by atoms with Gasteiger partial charge in [0, 0.05) is 11.1 Å². The number of methoxy groups -OCH3 is 1. The molecular weight excluding hydrogens is 254 g/mol. The van der Waals surface area contributed by atoms with Crippen LogP contribution < -0.4 is 10.1 Å². The van der Waals surface area contributed by atoms with E-state index in [0.29, 0.717) is 16.5 Å². The fraction of sp³-hybridized carbons (Fsp3) is 0.462. The first-order chi connectivity index (χ1) is 8.43. The maximum atomic E-state index is 11.7. The largest absolute Gasteiger partial charge is 0.495 e. The molecule has 0 heterocycles. The highest BCUT2D eigenvalue weighted by Gasteiger charge is 2.10. The number of aryl methyl sites for hydroxylation is 1. The summed E-state index contributed by atoms with van der Waals surface area (Å²) in [6, 6.07) is 3.45. The van der Waals surface area contributed by atoms with Crippen molar-refractivity contribution in [1.29, 1.82) is 0 Å². The number of anilines is 1. The average molecular weight is 272 g/mol. The lowest BCUT2D eigenvalue weighted by molar-refractivity contribution is -0.121. The van der Waals surface area contributed by atoms with Crippen molar-refractivity contribution in [2.24, 2.45) is 0 Å². The van der Waals surface area contributed by atoms with Crippen LogP contribution in [0.25, 0.3) is 0 Å². The van der Waals surface area contributed by atoms with Crippen LogP contribution in [0.2, 0.25) is 5.02 Å². The molecule has 0 aliphatic rings. The number of halogens is 1. The molecule has 0 saturated carbocycles. The molecule has 18 heavy (non-hydrogen) atoms. The molecule has 0 spiro atoms. The molecule has 0 bridgehead atoms. The predicted molar refractivity (Wildman–Crippen MR) is 72.5 cm³/mol. The van der Waals surface area contributed by atoms with Gasteiger partial charge in [0.05, 0.1) is 18.9 Å². The molecule has 1 aromatic rings. The van der Waals surface area contributed by atoms with Gasteiger partial charge in [-0.1, -0.05) is 11.6 Å². The fourth-order valence-corrected chi connectivity index (χ4v) is 1.51. The van der Waals surface area contributed by atoms with E-state index in [0.717, 1.165) is 5.56 Å². The molecule has 0 unspecified atom stereocenters. The van der Waals surface area contributed by atoms with E-state index in [2.05, 4.69) is 5.32 Å². The topological polar surface area (TPSA) is 47.6 Å². The Kier molecular flexibility index (Phi) is 5.44. The minimum atomic E-state index is -0.219. The number of carbonyl (C=O) groups is 1. The highest BCUT2D eigenvalue weighted by atomic mass is 35.5. The Bertz CT molecular complexity index is 432. The molecule has 1 aromatic carbocycles. The van der Waals surface area contributed by atoms with Gasteiger partial charge in [0.2, 0.25) is 5.91 Å². The first kappa shape index (κ1) is 14.8. The third-order valence-electron chi connectivity index (χ3n) is 2.30. The molecule has 5 heteroatoms. The Morgan fingerprint density at radius 1 is 1.44 bits per heavy atom. The van der Waals surface area contributed by atoms with Crippen LogP contribution in [0, 0.1) is 6.92 Å². The Hall–Kier alpha value is -1.26. The first-order valence-electron chi connectivity index (χ1n) is 5.69. The summed E-state index contributed by atoms with van der Waals surface area (Å²) in [5, 5.41) is 3.34. The highest BCUT2D eigenvalue weighted by Crippen LogP contribution is 2.30. The van der Waals surface area contributed by atoms with E-state index in [9.17, 15) is 4.79 Å². The third kappa shape index (κ3) is 4.20. The minimum absolute atomic E-state index is 0.0164. The quantitative estimate of drug-likeness (QED) is 0.895. The third-order valence-corrected chi connectivity index (χ3v) is 2.71. The maximum Gasteiger partial charge on any atom is 0.250 e. The van der Waals surface area contributed by atoms with Gasteiger partial charge in [0.1, 0.15) is 12.4 Å². The number of hydrogen-bond donors (Lipinski definition) is 1. The zero-order valence-electron chi connectivity index (χ0n) is 11.0. The van der Waals surface area contributed by atoms with Crippen molar-refractivity contribution >= 4 is 23.2 Å². The van der Waals surface area contributed by atoms with Crippen molar-refractivity contribution in [3.05, 3.63) is 22.7 Å². The first-order valence-corrected chi connectivity index (χ1v) is 6.07. The van der Waals surface area contributed by atoms with E-state index in [4.69, 9.17) is 21.1 Å². The molecule has 0 aliphatic carbocycles. The normalized spacial score (nSPS) is 10.6. The van der Waals surface area contributed by atoms with Gasteiger partial charge in [-0.05, 0) is 32.4 Å². The van der Waals surface area contributed by atoms with E-state index in [1.165, 1.54) is 7.11 Å². The van der Waals surface area contributed by atoms with Crippen LogP contribution in [-0.4, -0.2) is 25.7 Å². The van der Waals surface area contributed by atoms with Gasteiger partial charge in [0.25, 0.3) is 0 Å².